The molecular weight excluding hydrogens is 354 g/mol. The molecule has 2 unspecified atom stereocenters. The van der Waals surface area contributed by atoms with Gasteiger partial charge in [-0.25, -0.2) is 0 Å². The topological polar surface area (TPSA) is 52.4 Å². The molecule has 0 bridgehead atoms. The summed E-state index contributed by atoms with van der Waals surface area (Å²) in [6, 6.07) is 4.67. The quantitative estimate of drug-likeness (QED) is 0.430. The molecular formula is C11H11Br2NO3. The van der Waals surface area contributed by atoms with E-state index < -0.39 is 4.92 Å². The van der Waals surface area contributed by atoms with Crippen LogP contribution >= 0.6 is 31.9 Å². The van der Waals surface area contributed by atoms with Crippen LogP contribution in [0.4, 0.5) is 5.69 Å². The van der Waals surface area contributed by atoms with Gasteiger partial charge in [0.15, 0.2) is 0 Å². The average Bonchev–Trinajstić information content (AvgIpc) is 2.25. The Hall–Kier alpha value is -0.620. The van der Waals surface area contributed by atoms with E-state index in [1.165, 1.54) is 6.07 Å². The Morgan fingerprint density at radius 2 is 2.06 bits per heavy atom. The highest BCUT2D eigenvalue weighted by molar-refractivity contribution is 9.12. The lowest BCUT2D eigenvalue weighted by molar-refractivity contribution is -0.385. The Morgan fingerprint density at radius 3 is 2.65 bits per heavy atom. The van der Waals surface area contributed by atoms with Gasteiger partial charge in [0.2, 0.25) is 0 Å². The van der Waals surface area contributed by atoms with E-state index in [9.17, 15) is 10.1 Å². The van der Waals surface area contributed by atoms with E-state index in [1.807, 2.05) is 13.8 Å². The van der Waals surface area contributed by atoms with Crippen LogP contribution in [0.5, 0.6) is 5.75 Å². The molecule has 0 saturated heterocycles. The van der Waals surface area contributed by atoms with Crippen LogP contribution in [0.3, 0.4) is 0 Å². The van der Waals surface area contributed by atoms with Crippen molar-refractivity contribution in [1.82, 2.24) is 0 Å². The van der Waals surface area contributed by atoms with E-state index in [1.54, 1.807) is 12.1 Å². The van der Waals surface area contributed by atoms with Gasteiger partial charge in [-0.05, 0) is 19.9 Å². The van der Waals surface area contributed by atoms with Gasteiger partial charge in [-0.1, -0.05) is 31.9 Å². The van der Waals surface area contributed by atoms with Gasteiger partial charge in [0.25, 0.3) is 5.69 Å². The molecule has 4 nitrogen and oxygen atoms in total. The second-order valence-corrected chi connectivity index (χ2v) is 6.46. The summed E-state index contributed by atoms with van der Waals surface area (Å²) in [5.74, 6) is 0.693. The Kier molecular flexibility index (Phi) is 3.20. The lowest BCUT2D eigenvalue weighted by Gasteiger charge is -2.39. The third-order valence-electron chi connectivity index (χ3n) is 2.80. The third-order valence-corrected chi connectivity index (χ3v) is 6.16. The van der Waals surface area contributed by atoms with E-state index >= 15 is 0 Å². The summed E-state index contributed by atoms with van der Waals surface area (Å²) in [5.41, 5.74) is 0.522. The first kappa shape index (κ1) is 12.8. The van der Waals surface area contributed by atoms with Crippen molar-refractivity contribution in [2.24, 2.45) is 0 Å². The minimum Gasteiger partial charge on any atom is -0.486 e. The third kappa shape index (κ3) is 2.20. The second kappa shape index (κ2) is 4.24. The molecule has 0 saturated carbocycles. The molecule has 1 aromatic carbocycles. The fourth-order valence-electron chi connectivity index (χ4n) is 1.81. The smallest absolute Gasteiger partial charge is 0.270 e. The molecule has 0 spiro atoms. The molecule has 0 N–H and O–H groups in total. The molecule has 92 valence electrons. The number of rotatable bonds is 1. The minimum absolute atomic E-state index is 0.0128. The first-order valence-electron chi connectivity index (χ1n) is 5.08. The highest BCUT2D eigenvalue weighted by atomic mass is 79.9. The molecule has 17 heavy (non-hydrogen) atoms. The van der Waals surface area contributed by atoms with Gasteiger partial charge in [-0.3, -0.25) is 10.1 Å². The first-order chi connectivity index (χ1) is 7.83. The highest BCUT2D eigenvalue weighted by Crippen LogP contribution is 2.48. The van der Waals surface area contributed by atoms with Crippen LogP contribution < -0.4 is 4.74 Å². The van der Waals surface area contributed by atoms with Crippen LogP contribution in [0.25, 0.3) is 0 Å². The molecule has 1 aliphatic rings. The van der Waals surface area contributed by atoms with Crippen molar-refractivity contribution in [3.8, 4) is 5.75 Å². The summed E-state index contributed by atoms with van der Waals surface area (Å²) in [4.78, 5) is 10.4. The van der Waals surface area contributed by atoms with Crippen LogP contribution in [0, 0.1) is 10.1 Å². The van der Waals surface area contributed by atoms with E-state index in [4.69, 9.17) is 4.74 Å². The van der Waals surface area contributed by atoms with E-state index in [0.29, 0.717) is 5.75 Å². The van der Waals surface area contributed by atoms with Gasteiger partial charge in [0, 0.05) is 17.7 Å². The first-order valence-corrected chi connectivity index (χ1v) is 6.91. The maximum absolute atomic E-state index is 10.7. The van der Waals surface area contributed by atoms with Crippen LogP contribution in [-0.2, 0) is 0 Å². The van der Waals surface area contributed by atoms with Crippen molar-refractivity contribution < 1.29 is 9.66 Å². The number of benzene rings is 1. The fraction of sp³-hybridized carbons (Fsp3) is 0.455. The molecule has 1 aliphatic heterocycles. The lowest BCUT2D eigenvalue weighted by atomic mass is 9.94. The molecule has 0 amide bonds. The molecule has 1 aromatic rings. The summed E-state index contributed by atoms with van der Waals surface area (Å²) in [5, 5.41) is 10.7. The summed E-state index contributed by atoms with van der Waals surface area (Å²) in [6.45, 7) is 3.95. The Labute approximate surface area is 116 Å². The summed E-state index contributed by atoms with van der Waals surface area (Å²) >= 11 is 7.13. The molecule has 2 atom stereocenters. The van der Waals surface area contributed by atoms with Gasteiger partial charge in [-0.15, -0.1) is 0 Å². The maximum atomic E-state index is 10.7. The van der Waals surface area contributed by atoms with Gasteiger partial charge >= 0.3 is 0 Å². The summed E-state index contributed by atoms with van der Waals surface area (Å²) in [6.07, 6.45) is 0. The second-order valence-electron chi connectivity index (χ2n) is 4.49. The van der Waals surface area contributed by atoms with Crippen molar-refractivity contribution >= 4 is 37.5 Å². The average molecular weight is 365 g/mol. The van der Waals surface area contributed by atoms with Crippen molar-refractivity contribution in [2.45, 2.75) is 29.1 Å². The molecule has 6 heteroatoms. The molecule has 1 heterocycles. The van der Waals surface area contributed by atoms with Crippen molar-refractivity contribution in [3.05, 3.63) is 33.9 Å². The predicted molar refractivity (Wildman–Crippen MR) is 72.2 cm³/mol. The Morgan fingerprint density at radius 1 is 1.41 bits per heavy atom. The van der Waals surface area contributed by atoms with Gasteiger partial charge in [-0.2, -0.15) is 0 Å². The number of non-ortho nitro benzene ring substituents is 1. The molecule has 0 fully saturated rings. The Balaban J connectivity index is 2.50. The summed E-state index contributed by atoms with van der Waals surface area (Å²) in [7, 11) is 0. The zero-order valence-electron chi connectivity index (χ0n) is 9.31. The molecule has 2 rings (SSSR count). The zero-order valence-corrected chi connectivity index (χ0v) is 12.5. The van der Waals surface area contributed by atoms with Gasteiger partial charge in [0.1, 0.15) is 11.4 Å². The molecule has 0 aromatic heterocycles. The number of hydrogen-bond donors (Lipinski definition) is 0. The standard InChI is InChI=1S/C11H11Br2NO3/c1-11(2)10(13)9(12)7-5-6(14(15)16)3-4-8(7)17-11/h3-5,9-10H,1-2H3. The van der Waals surface area contributed by atoms with Crippen molar-refractivity contribution in [1.29, 1.82) is 0 Å². The van der Waals surface area contributed by atoms with Gasteiger partial charge in [0.05, 0.1) is 14.6 Å². The van der Waals surface area contributed by atoms with Crippen LogP contribution in [0.15, 0.2) is 18.2 Å². The number of hydrogen-bond acceptors (Lipinski definition) is 3. The van der Waals surface area contributed by atoms with Gasteiger partial charge < -0.3 is 4.74 Å². The largest absolute Gasteiger partial charge is 0.486 e. The van der Waals surface area contributed by atoms with Crippen LogP contribution in [-0.4, -0.2) is 15.4 Å². The van der Waals surface area contributed by atoms with E-state index in [2.05, 4.69) is 31.9 Å². The number of alkyl halides is 2. The van der Waals surface area contributed by atoms with E-state index in [-0.39, 0.29) is 20.9 Å². The SMILES string of the molecule is CC1(C)Oc2ccc([N+](=O)[O-])cc2C(Br)C1Br. The predicted octanol–water partition coefficient (Wildman–Crippen LogP) is 3.97. The number of ether oxygens (including phenoxy) is 1. The van der Waals surface area contributed by atoms with E-state index in [0.717, 1.165) is 5.56 Å². The normalized spacial score (nSPS) is 25.9. The monoisotopic (exact) mass is 363 g/mol. The highest BCUT2D eigenvalue weighted by Gasteiger charge is 2.41. The number of nitro benzene ring substituents is 1. The van der Waals surface area contributed by atoms with Crippen molar-refractivity contribution in [2.75, 3.05) is 0 Å². The molecule has 0 aliphatic carbocycles. The molecule has 0 radical (unpaired) electrons. The number of nitro groups is 1. The van der Waals surface area contributed by atoms with Crippen LogP contribution in [0.2, 0.25) is 0 Å². The zero-order chi connectivity index (χ0) is 12.8. The van der Waals surface area contributed by atoms with Crippen molar-refractivity contribution in [3.63, 3.8) is 0 Å². The van der Waals surface area contributed by atoms with Crippen LogP contribution in [0.1, 0.15) is 24.2 Å². The number of nitrogens with zero attached hydrogens (tertiary/aromatic N) is 1. The lowest BCUT2D eigenvalue weighted by Crippen LogP contribution is -2.43. The number of fused-ring (bicyclic) bond motifs is 1. The number of halogens is 2. The fourth-order valence-corrected chi connectivity index (χ4v) is 3.18. The Bertz CT molecular complexity index is 476. The maximum Gasteiger partial charge on any atom is 0.270 e. The minimum atomic E-state index is -0.400. The summed E-state index contributed by atoms with van der Waals surface area (Å²) < 4.78 is 5.84.